The van der Waals surface area contributed by atoms with E-state index in [4.69, 9.17) is 0 Å². The van der Waals surface area contributed by atoms with E-state index >= 15 is 0 Å². The number of carbonyl (C=O) groups excluding carboxylic acids is 2. The lowest BCUT2D eigenvalue weighted by molar-refractivity contribution is -0.125. The molecule has 0 radical (unpaired) electrons. The molecular weight excluding hydrogens is 304 g/mol. The molecule has 1 aromatic heterocycles. The molecule has 17 heavy (non-hydrogen) atoms. The Labute approximate surface area is 109 Å². The molecule has 1 aliphatic rings. The van der Waals surface area contributed by atoms with E-state index in [2.05, 4.69) is 26.2 Å². The minimum atomic E-state index is -0.486. The average molecular weight is 311 g/mol. The van der Waals surface area contributed by atoms with E-state index in [0.29, 0.717) is 0 Å². The summed E-state index contributed by atoms with van der Waals surface area (Å²) in [5.74, 6) is -0.973. The molecule has 2 aromatic rings. The Kier molecular flexibility index (Phi) is 2.48. The molecule has 2 atom stereocenters. The van der Waals surface area contributed by atoms with E-state index in [-0.39, 0.29) is 11.8 Å². The van der Waals surface area contributed by atoms with Gasteiger partial charge in [0.1, 0.15) is 4.83 Å². The molecule has 6 heteroatoms. The fourth-order valence-corrected chi connectivity index (χ4v) is 3.32. The average Bonchev–Trinajstić information content (AvgIpc) is 2.84. The summed E-state index contributed by atoms with van der Waals surface area (Å²) in [4.78, 5) is 26.8. The number of carbonyl (C=O) groups is 2. The van der Waals surface area contributed by atoms with Crippen LogP contribution in [0.25, 0.3) is 10.2 Å². The van der Waals surface area contributed by atoms with E-state index in [0.717, 1.165) is 15.8 Å². The molecule has 3 rings (SSSR count). The van der Waals surface area contributed by atoms with Crippen molar-refractivity contribution in [2.45, 2.75) is 10.7 Å². The zero-order valence-corrected chi connectivity index (χ0v) is 10.9. The van der Waals surface area contributed by atoms with Crippen molar-refractivity contribution >= 4 is 49.3 Å². The number of alkyl halides is 1. The zero-order chi connectivity index (χ0) is 12.0. The molecule has 0 aliphatic carbocycles. The van der Waals surface area contributed by atoms with Crippen molar-refractivity contribution in [2.75, 3.05) is 0 Å². The van der Waals surface area contributed by atoms with Gasteiger partial charge in [0.05, 0.1) is 21.6 Å². The number of nitrogens with zero attached hydrogens (tertiary/aromatic N) is 1. The predicted octanol–water partition coefficient (Wildman–Crippen LogP) is 1.80. The Hall–Kier alpha value is -1.27. The lowest BCUT2D eigenvalue weighted by atomic mass is 9.97. The fraction of sp³-hybridized carbons (Fsp3) is 0.182. The van der Waals surface area contributed by atoms with E-state index in [1.807, 2.05) is 18.2 Å². The third-order valence-electron chi connectivity index (χ3n) is 2.79. The molecule has 0 spiro atoms. The van der Waals surface area contributed by atoms with Gasteiger partial charge in [-0.25, -0.2) is 4.98 Å². The van der Waals surface area contributed by atoms with Gasteiger partial charge in [-0.2, -0.15) is 0 Å². The molecule has 2 amide bonds. The Bertz CT molecular complexity index is 625. The van der Waals surface area contributed by atoms with Crippen molar-refractivity contribution in [3.63, 3.8) is 0 Å². The second kappa shape index (κ2) is 3.89. The largest absolute Gasteiger partial charge is 0.295 e. The van der Waals surface area contributed by atoms with E-state index in [1.54, 1.807) is 5.51 Å². The summed E-state index contributed by atoms with van der Waals surface area (Å²) in [6, 6.07) is 5.64. The minimum absolute atomic E-state index is 0.249. The van der Waals surface area contributed by atoms with Crippen LogP contribution < -0.4 is 5.32 Å². The highest BCUT2D eigenvalue weighted by Gasteiger charge is 2.40. The van der Waals surface area contributed by atoms with Crippen molar-refractivity contribution < 1.29 is 9.59 Å². The lowest BCUT2D eigenvalue weighted by Gasteiger charge is -2.09. The van der Waals surface area contributed by atoms with Crippen LogP contribution >= 0.6 is 27.3 Å². The van der Waals surface area contributed by atoms with Crippen molar-refractivity contribution in [1.29, 1.82) is 0 Å². The third-order valence-corrected chi connectivity index (χ3v) is 4.52. The predicted molar refractivity (Wildman–Crippen MR) is 68.2 cm³/mol. The summed E-state index contributed by atoms with van der Waals surface area (Å²) in [7, 11) is 0. The van der Waals surface area contributed by atoms with E-state index in [1.165, 1.54) is 11.3 Å². The molecule has 1 fully saturated rings. The van der Waals surface area contributed by atoms with Gasteiger partial charge >= 0.3 is 0 Å². The van der Waals surface area contributed by atoms with Crippen molar-refractivity contribution in [3.8, 4) is 0 Å². The van der Waals surface area contributed by atoms with Crippen molar-refractivity contribution in [3.05, 3.63) is 29.3 Å². The van der Waals surface area contributed by atoms with Crippen LogP contribution in [0.3, 0.4) is 0 Å². The van der Waals surface area contributed by atoms with Crippen LogP contribution in [0, 0.1) is 0 Å². The molecule has 0 saturated carbocycles. The molecule has 1 saturated heterocycles. The van der Waals surface area contributed by atoms with Gasteiger partial charge in [-0.3, -0.25) is 14.9 Å². The first-order chi connectivity index (χ1) is 8.16. The first kappa shape index (κ1) is 10.9. The SMILES string of the molecule is O=C1NC(=O)C(c2ccc3ncsc3c2)C1Br. The normalized spacial score (nSPS) is 24.3. The first-order valence-electron chi connectivity index (χ1n) is 4.99. The monoisotopic (exact) mass is 310 g/mol. The highest BCUT2D eigenvalue weighted by molar-refractivity contribution is 9.10. The van der Waals surface area contributed by atoms with Crippen LogP contribution in [0.2, 0.25) is 0 Å². The molecule has 1 aliphatic heterocycles. The number of halogens is 1. The molecule has 0 bridgehead atoms. The first-order valence-corrected chi connectivity index (χ1v) is 6.78. The van der Waals surface area contributed by atoms with Gasteiger partial charge < -0.3 is 0 Å². The summed E-state index contributed by atoms with van der Waals surface area (Å²) >= 11 is 4.78. The number of aromatic nitrogens is 1. The quantitative estimate of drug-likeness (QED) is 0.645. The maximum Gasteiger partial charge on any atom is 0.241 e. The number of imide groups is 1. The lowest BCUT2D eigenvalue weighted by Crippen LogP contribution is -2.22. The summed E-state index contributed by atoms with van der Waals surface area (Å²) < 4.78 is 1.02. The van der Waals surface area contributed by atoms with Gasteiger partial charge in [0.15, 0.2) is 0 Å². The summed E-state index contributed by atoms with van der Waals surface area (Å²) in [5, 5.41) is 2.32. The Morgan fingerprint density at radius 1 is 1.29 bits per heavy atom. The number of thiazole rings is 1. The summed E-state index contributed by atoms with van der Waals surface area (Å²) in [6.45, 7) is 0. The maximum atomic E-state index is 11.7. The van der Waals surface area contributed by atoms with Gasteiger partial charge in [0.2, 0.25) is 11.8 Å². The smallest absolute Gasteiger partial charge is 0.241 e. The van der Waals surface area contributed by atoms with Crippen LogP contribution in [0.4, 0.5) is 0 Å². The molecule has 1 N–H and O–H groups in total. The number of benzene rings is 1. The van der Waals surface area contributed by atoms with Crippen molar-refractivity contribution in [2.24, 2.45) is 0 Å². The second-order valence-corrected chi connectivity index (χ2v) is 5.69. The second-order valence-electron chi connectivity index (χ2n) is 3.81. The number of nitrogens with one attached hydrogen (secondary N) is 1. The highest BCUT2D eigenvalue weighted by Crippen LogP contribution is 2.32. The van der Waals surface area contributed by atoms with Gasteiger partial charge in [0, 0.05) is 0 Å². The molecular formula is C11H7BrN2O2S. The van der Waals surface area contributed by atoms with Crippen LogP contribution in [-0.2, 0) is 9.59 Å². The molecule has 1 aromatic carbocycles. The maximum absolute atomic E-state index is 11.7. The van der Waals surface area contributed by atoms with Gasteiger partial charge in [-0.1, -0.05) is 22.0 Å². The van der Waals surface area contributed by atoms with E-state index < -0.39 is 10.7 Å². The number of hydrogen-bond donors (Lipinski definition) is 1. The summed E-state index contributed by atoms with van der Waals surface area (Å²) in [6.07, 6.45) is 0. The molecule has 2 heterocycles. The standard InChI is InChI=1S/C11H7BrN2O2S/c12-9-8(10(15)14-11(9)16)5-1-2-6-7(3-5)17-4-13-6/h1-4,8-9H,(H,14,15,16). The number of amides is 2. The highest BCUT2D eigenvalue weighted by atomic mass is 79.9. The fourth-order valence-electron chi connectivity index (χ4n) is 1.94. The number of hydrogen-bond acceptors (Lipinski definition) is 4. The van der Waals surface area contributed by atoms with E-state index in [9.17, 15) is 9.59 Å². The Morgan fingerprint density at radius 2 is 2.12 bits per heavy atom. The Morgan fingerprint density at radius 3 is 2.82 bits per heavy atom. The zero-order valence-electron chi connectivity index (χ0n) is 8.51. The van der Waals surface area contributed by atoms with Crippen LogP contribution in [0.5, 0.6) is 0 Å². The third kappa shape index (κ3) is 1.68. The van der Waals surface area contributed by atoms with Crippen LogP contribution in [0.1, 0.15) is 11.5 Å². The van der Waals surface area contributed by atoms with Gasteiger partial charge in [0.25, 0.3) is 0 Å². The molecule has 4 nitrogen and oxygen atoms in total. The van der Waals surface area contributed by atoms with Crippen LogP contribution in [-0.4, -0.2) is 21.6 Å². The van der Waals surface area contributed by atoms with Gasteiger partial charge in [-0.05, 0) is 17.7 Å². The molecule has 86 valence electrons. The topological polar surface area (TPSA) is 59.1 Å². The Balaban J connectivity index is 2.08. The summed E-state index contributed by atoms with van der Waals surface area (Å²) in [5.41, 5.74) is 3.52. The number of rotatable bonds is 1. The molecule has 2 unspecified atom stereocenters. The minimum Gasteiger partial charge on any atom is -0.295 e. The van der Waals surface area contributed by atoms with Crippen molar-refractivity contribution in [1.82, 2.24) is 10.3 Å². The van der Waals surface area contributed by atoms with Gasteiger partial charge in [-0.15, -0.1) is 11.3 Å². The number of fused-ring (bicyclic) bond motifs is 1. The van der Waals surface area contributed by atoms with Crippen LogP contribution in [0.15, 0.2) is 23.7 Å².